The Labute approximate surface area is 102 Å². The van der Waals surface area contributed by atoms with E-state index in [-0.39, 0.29) is 5.91 Å². The van der Waals surface area contributed by atoms with Crippen LogP contribution in [0.15, 0.2) is 30.3 Å². The fourth-order valence-electron chi connectivity index (χ4n) is 1.32. The second kappa shape index (κ2) is 6.33. The van der Waals surface area contributed by atoms with E-state index in [4.69, 9.17) is 11.6 Å². The summed E-state index contributed by atoms with van der Waals surface area (Å²) >= 11 is 5.58. The van der Waals surface area contributed by atoms with Crippen molar-refractivity contribution < 1.29 is 4.79 Å². The second-order valence-electron chi connectivity index (χ2n) is 3.71. The Balaban J connectivity index is 2.83. The van der Waals surface area contributed by atoms with Gasteiger partial charge in [0.05, 0.1) is 0 Å². The van der Waals surface area contributed by atoms with Crippen molar-refractivity contribution in [3.63, 3.8) is 0 Å². The summed E-state index contributed by atoms with van der Waals surface area (Å²) in [6, 6.07) is 7.56. The van der Waals surface area contributed by atoms with Crippen LogP contribution in [0.2, 0.25) is 0 Å². The average Bonchev–Trinajstić information content (AvgIpc) is 2.29. The monoisotopic (exact) mass is 237 g/mol. The lowest BCUT2D eigenvalue weighted by molar-refractivity contribution is 0.0827. The molecule has 1 aromatic rings. The quantitative estimate of drug-likeness (QED) is 0.738. The number of rotatable bonds is 4. The van der Waals surface area contributed by atoms with Crippen molar-refractivity contribution in [2.75, 3.05) is 20.0 Å². The standard InChI is InChI=1S/C13H16ClNO/c1-15(2)13(16)12-8-5-7-11(10-12)6-3-4-9-14/h3,5-8,10H,4,9H2,1-2H3. The van der Waals surface area contributed by atoms with Crippen LogP contribution in [0.5, 0.6) is 0 Å². The molecule has 3 heteroatoms. The van der Waals surface area contributed by atoms with Gasteiger partial charge in [0, 0.05) is 25.5 Å². The van der Waals surface area contributed by atoms with Crippen LogP contribution in [0.3, 0.4) is 0 Å². The Morgan fingerprint density at radius 1 is 1.44 bits per heavy atom. The van der Waals surface area contributed by atoms with Gasteiger partial charge >= 0.3 is 0 Å². The summed E-state index contributed by atoms with van der Waals surface area (Å²) in [4.78, 5) is 13.3. The number of allylic oxidation sites excluding steroid dienone is 1. The topological polar surface area (TPSA) is 20.3 Å². The van der Waals surface area contributed by atoms with Gasteiger partial charge in [0.1, 0.15) is 0 Å². The lowest BCUT2D eigenvalue weighted by Crippen LogP contribution is -2.21. The largest absolute Gasteiger partial charge is 0.345 e. The maximum absolute atomic E-state index is 11.7. The minimum atomic E-state index is 0.0209. The zero-order chi connectivity index (χ0) is 12.0. The van der Waals surface area contributed by atoms with Crippen molar-refractivity contribution in [1.29, 1.82) is 0 Å². The molecule has 0 aromatic heterocycles. The van der Waals surface area contributed by atoms with E-state index in [1.165, 1.54) is 0 Å². The van der Waals surface area contributed by atoms with E-state index in [1.54, 1.807) is 19.0 Å². The van der Waals surface area contributed by atoms with Crippen LogP contribution >= 0.6 is 11.6 Å². The minimum Gasteiger partial charge on any atom is -0.345 e. The summed E-state index contributed by atoms with van der Waals surface area (Å²) in [5.74, 6) is 0.639. The first-order valence-corrected chi connectivity index (χ1v) is 5.73. The first-order valence-electron chi connectivity index (χ1n) is 5.19. The van der Waals surface area contributed by atoms with Crippen LogP contribution in [0, 0.1) is 0 Å². The van der Waals surface area contributed by atoms with Gasteiger partial charge in [0.15, 0.2) is 0 Å². The molecule has 0 heterocycles. The van der Waals surface area contributed by atoms with Gasteiger partial charge in [-0.1, -0.05) is 24.3 Å². The Morgan fingerprint density at radius 2 is 2.19 bits per heavy atom. The van der Waals surface area contributed by atoms with E-state index in [9.17, 15) is 4.79 Å². The summed E-state index contributed by atoms with van der Waals surface area (Å²) in [6.45, 7) is 0. The maximum atomic E-state index is 11.7. The van der Waals surface area contributed by atoms with Gasteiger partial charge in [-0.05, 0) is 24.1 Å². The lowest BCUT2D eigenvalue weighted by Gasteiger charge is -2.10. The SMILES string of the molecule is CN(C)C(=O)c1cccc(C=CCCCl)c1. The van der Waals surface area contributed by atoms with Gasteiger partial charge in [0.25, 0.3) is 5.91 Å². The van der Waals surface area contributed by atoms with E-state index in [2.05, 4.69) is 0 Å². The molecule has 2 nitrogen and oxygen atoms in total. The Kier molecular flexibility index (Phi) is 5.06. The third kappa shape index (κ3) is 3.70. The molecule has 0 aliphatic carbocycles. The predicted molar refractivity (Wildman–Crippen MR) is 68.8 cm³/mol. The molecule has 0 fully saturated rings. The lowest BCUT2D eigenvalue weighted by atomic mass is 10.1. The van der Waals surface area contributed by atoms with Gasteiger partial charge in [-0.2, -0.15) is 0 Å². The van der Waals surface area contributed by atoms with Crippen molar-refractivity contribution >= 4 is 23.6 Å². The maximum Gasteiger partial charge on any atom is 0.253 e. The van der Waals surface area contributed by atoms with Gasteiger partial charge in [-0.15, -0.1) is 11.6 Å². The molecule has 0 atom stereocenters. The third-order valence-electron chi connectivity index (χ3n) is 2.13. The number of benzene rings is 1. The van der Waals surface area contributed by atoms with E-state index in [0.29, 0.717) is 11.4 Å². The van der Waals surface area contributed by atoms with Crippen molar-refractivity contribution in [2.45, 2.75) is 6.42 Å². The van der Waals surface area contributed by atoms with Crippen LogP contribution < -0.4 is 0 Å². The highest BCUT2D eigenvalue weighted by Gasteiger charge is 2.06. The number of amides is 1. The fourth-order valence-corrected chi connectivity index (χ4v) is 1.44. The molecular weight excluding hydrogens is 222 g/mol. The molecule has 1 amide bonds. The molecule has 0 bridgehead atoms. The molecule has 86 valence electrons. The zero-order valence-corrected chi connectivity index (χ0v) is 10.4. The summed E-state index contributed by atoms with van der Waals surface area (Å²) < 4.78 is 0. The Bertz CT molecular complexity index is 385. The molecule has 1 aromatic carbocycles. The first-order chi connectivity index (χ1) is 7.65. The predicted octanol–water partition coefficient (Wildman–Crippen LogP) is 3.03. The van der Waals surface area contributed by atoms with Crippen LogP contribution in [-0.4, -0.2) is 30.8 Å². The average molecular weight is 238 g/mol. The summed E-state index contributed by atoms with van der Waals surface area (Å²) in [7, 11) is 3.50. The fraction of sp³-hybridized carbons (Fsp3) is 0.308. The van der Waals surface area contributed by atoms with E-state index >= 15 is 0 Å². The smallest absolute Gasteiger partial charge is 0.253 e. The van der Waals surface area contributed by atoms with E-state index < -0.39 is 0 Å². The highest BCUT2D eigenvalue weighted by atomic mass is 35.5. The van der Waals surface area contributed by atoms with Gasteiger partial charge in [-0.25, -0.2) is 0 Å². The number of carbonyl (C=O) groups is 1. The number of halogens is 1. The number of hydrogen-bond donors (Lipinski definition) is 0. The molecule has 0 N–H and O–H groups in total. The number of alkyl halides is 1. The molecular formula is C13H16ClNO. The second-order valence-corrected chi connectivity index (χ2v) is 4.08. The van der Waals surface area contributed by atoms with Crippen molar-refractivity contribution in [2.24, 2.45) is 0 Å². The van der Waals surface area contributed by atoms with E-state index in [0.717, 1.165) is 12.0 Å². The normalized spacial score (nSPS) is 10.7. The van der Waals surface area contributed by atoms with Crippen molar-refractivity contribution in [3.05, 3.63) is 41.5 Å². The molecule has 0 aliphatic rings. The zero-order valence-electron chi connectivity index (χ0n) is 9.61. The first kappa shape index (κ1) is 12.8. The molecule has 1 rings (SSSR count). The van der Waals surface area contributed by atoms with E-state index in [1.807, 2.05) is 36.4 Å². The van der Waals surface area contributed by atoms with Crippen molar-refractivity contribution in [3.8, 4) is 0 Å². The molecule has 0 radical (unpaired) electrons. The Hall–Kier alpha value is -1.28. The molecule has 0 spiro atoms. The molecule has 0 unspecified atom stereocenters. The summed E-state index contributed by atoms with van der Waals surface area (Å²) in [6.07, 6.45) is 4.83. The van der Waals surface area contributed by atoms with Gasteiger partial charge in [-0.3, -0.25) is 4.79 Å². The summed E-state index contributed by atoms with van der Waals surface area (Å²) in [5, 5.41) is 0. The molecule has 0 saturated carbocycles. The van der Waals surface area contributed by atoms with Crippen LogP contribution in [0.1, 0.15) is 22.3 Å². The van der Waals surface area contributed by atoms with Crippen molar-refractivity contribution in [1.82, 2.24) is 4.90 Å². The number of nitrogens with zero attached hydrogens (tertiary/aromatic N) is 1. The number of hydrogen-bond acceptors (Lipinski definition) is 1. The van der Waals surface area contributed by atoms with Crippen LogP contribution in [0.4, 0.5) is 0 Å². The number of carbonyl (C=O) groups excluding carboxylic acids is 1. The van der Waals surface area contributed by atoms with Gasteiger partial charge in [0.2, 0.25) is 0 Å². The molecule has 0 aliphatic heterocycles. The third-order valence-corrected chi connectivity index (χ3v) is 2.34. The highest BCUT2D eigenvalue weighted by molar-refractivity contribution is 6.17. The molecule has 16 heavy (non-hydrogen) atoms. The minimum absolute atomic E-state index is 0.0209. The molecule has 0 saturated heterocycles. The Morgan fingerprint density at radius 3 is 2.81 bits per heavy atom. The van der Waals surface area contributed by atoms with Crippen LogP contribution in [-0.2, 0) is 0 Å². The highest BCUT2D eigenvalue weighted by Crippen LogP contribution is 2.09. The van der Waals surface area contributed by atoms with Crippen LogP contribution in [0.25, 0.3) is 6.08 Å². The van der Waals surface area contributed by atoms with Gasteiger partial charge < -0.3 is 4.90 Å². The summed E-state index contributed by atoms with van der Waals surface area (Å²) in [5.41, 5.74) is 1.73.